The molecule has 0 fully saturated rings. The third-order valence-corrected chi connectivity index (χ3v) is 2.52. The van der Waals surface area contributed by atoms with E-state index in [4.69, 9.17) is 4.74 Å². The lowest BCUT2D eigenvalue weighted by Gasteiger charge is -2.15. The van der Waals surface area contributed by atoms with Crippen LogP contribution >= 0.6 is 0 Å². The lowest BCUT2D eigenvalue weighted by Crippen LogP contribution is -2.17. The van der Waals surface area contributed by atoms with Gasteiger partial charge in [0.2, 0.25) is 0 Å². The zero-order valence-corrected chi connectivity index (χ0v) is 10.8. The molecule has 0 heterocycles. The maximum Gasteiger partial charge on any atom is 0.338 e. The molecule has 1 aromatic carbocycles. The van der Waals surface area contributed by atoms with Crippen molar-refractivity contribution in [2.75, 3.05) is 0 Å². The summed E-state index contributed by atoms with van der Waals surface area (Å²) >= 11 is 0. The monoisotopic (exact) mass is 238 g/mol. The van der Waals surface area contributed by atoms with Crippen LogP contribution in [0.25, 0.3) is 0 Å². The Morgan fingerprint density at radius 2 is 2.00 bits per heavy atom. The molecule has 1 atom stereocenters. The molecule has 0 amide bonds. The second-order valence-electron chi connectivity index (χ2n) is 4.80. The first-order chi connectivity index (χ1) is 7.90. The molecule has 1 rings (SSSR count). The van der Waals surface area contributed by atoms with Crippen LogP contribution in [0.3, 0.4) is 0 Å². The van der Waals surface area contributed by atoms with Crippen LogP contribution in [0.4, 0.5) is 4.39 Å². The average Bonchev–Trinajstić information content (AvgIpc) is 2.15. The second-order valence-corrected chi connectivity index (χ2v) is 4.80. The van der Waals surface area contributed by atoms with E-state index in [0.717, 1.165) is 6.42 Å². The smallest absolute Gasteiger partial charge is 0.338 e. The highest BCUT2D eigenvalue weighted by Gasteiger charge is 2.15. The van der Waals surface area contributed by atoms with Gasteiger partial charge < -0.3 is 4.74 Å². The molecule has 0 spiro atoms. The van der Waals surface area contributed by atoms with Gasteiger partial charge in [-0.25, -0.2) is 9.18 Å². The minimum absolute atomic E-state index is 0.119. The van der Waals surface area contributed by atoms with E-state index in [1.165, 1.54) is 18.2 Å². The van der Waals surface area contributed by atoms with Crippen molar-refractivity contribution >= 4 is 5.97 Å². The summed E-state index contributed by atoms with van der Waals surface area (Å²) in [5.74, 6) is -0.239. The molecule has 0 aliphatic heterocycles. The first-order valence-electron chi connectivity index (χ1n) is 5.87. The number of carbonyl (C=O) groups is 1. The Kier molecular flexibility index (Phi) is 4.67. The van der Waals surface area contributed by atoms with Crippen molar-refractivity contribution < 1.29 is 13.9 Å². The molecule has 3 heteroatoms. The van der Waals surface area contributed by atoms with Crippen LogP contribution in [0.2, 0.25) is 0 Å². The van der Waals surface area contributed by atoms with Crippen molar-refractivity contribution in [2.24, 2.45) is 5.92 Å². The fraction of sp³-hybridized carbons (Fsp3) is 0.500. The Hall–Kier alpha value is -1.38. The van der Waals surface area contributed by atoms with Gasteiger partial charge >= 0.3 is 5.97 Å². The topological polar surface area (TPSA) is 26.3 Å². The summed E-state index contributed by atoms with van der Waals surface area (Å²) in [5.41, 5.74) is 1.04. The van der Waals surface area contributed by atoms with Crippen LogP contribution in [0.15, 0.2) is 18.2 Å². The van der Waals surface area contributed by atoms with Crippen molar-refractivity contribution in [2.45, 2.75) is 40.2 Å². The van der Waals surface area contributed by atoms with E-state index in [0.29, 0.717) is 17.0 Å². The molecular weight excluding hydrogens is 219 g/mol. The summed E-state index contributed by atoms with van der Waals surface area (Å²) in [6.45, 7) is 7.73. The molecule has 0 N–H and O–H groups in total. The van der Waals surface area contributed by atoms with E-state index >= 15 is 0 Å². The number of ether oxygens (including phenoxy) is 1. The Morgan fingerprint density at radius 3 is 2.53 bits per heavy atom. The predicted molar refractivity (Wildman–Crippen MR) is 65.5 cm³/mol. The maximum absolute atomic E-state index is 12.9. The minimum atomic E-state index is -0.379. The van der Waals surface area contributed by atoms with Gasteiger partial charge in [0.05, 0.1) is 11.7 Å². The third-order valence-electron chi connectivity index (χ3n) is 2.52. The fourth-order valence-corrected chi connectivity index (χ4v) is 1.81. The lowest BCUT2D eigenvalue weighted by molar-refractivity contribution is 0.0299. The molecule has 17 heavy (non-hydrogen) atoms. The number of esters is 1. The molecule has 0 saturated carbocycles. The fourth-order valence-electron chi connectivity index (χ4n) is 1.81. The standard InChI is InChI=1S/C14H19FO2/c1-9(2)7-11(4)17-14(16)13-6-5-12(15)8-10(13)3/h5-6,8-9,11H,7H2,1-4H3. The Labute approximate surface area is 102 Å². The van der Waals surface area contributed by atoms with Crippen LogP contribution in [0.5, 0.6) is 0 Å². The normalized spacial score (nSPS) is 12.6. The van der Waals surface area contributed by atoms with Crippen molar-refractivity contribution in [3.05, 3.63) is 35.1 Å². The predicted octanol–water partition coefficient (Wildman–Crippen LogP) is 3.73. The van der Waals surface area contributed by atoms with Crippen LogP contribution < -0.4 is 0 Å². The molecular formula is C14H19FO2. The van der Waals surface area contributed by atoms with Gasteiger partial charge in [0.1, 0.15) is 5.82 Å². The van der Waals surface area contributed by atoms with Gasteiger partial charge in [0.15, 0.2) is 0 Å². The van der Waals surface area contributed by atoms with Crippen molar-refractivity contribution in [3.8, 4) is 0 Å². The third kappa shape index (κ3) is 4.17. The average molecular weight is 238 g/mol. The number of aryl methyl sites for hydroxylation is 1. The van der Waals surface area contributed by atoms with Crippen molar-refractivity contribution in [1.29, 1.82) is 0 Å². The van der Waals surface area contributed by atoms with Gasteiger partial charge in [-0.1, -0.05) is 13.8 Å². The van der Waals surface area contributed by atoms with Gasteiger partial charge in [-0.05, 0) is 49.9 Å². The highest BCUT2D eigenvalue weighted by atomic mass is 19.1. The van der Waals surface area contributed by atoms with Crippen molar-refractivity contribution in [3.63, 3.8) is 0 Å². The quantitative estimate of drug-likeness (QED) is 0.747. The largest absolute Gasteiger partial charge is 0.459 e. The maximum atomic E-state index is 12.9. The van der Waals surface area contributed by atoms with Gasteiger partial charge in [-0.15, -0.1) is 0 Å². The van der Waals surface area contributed by atoms with Crippen molar-refractivity contribution in [1.82, 2.24) is 0 Å². The van der Waals surface area contributed by atoms with Gasteiger partial charge in [0.25, 0.3) is 0 Å². The number of carbonyl (C=O) groups excluding carboxylic acids is 1. The van der Waals surface area contributed by atoms with E-state index in [1.807, 2.05) is 6.92 Å². The van der Waals surface area contributed by atoms with Crippen LogP contribution in [-0.2, 0) is 4.74 Å². The number of halogens is 1. The number of hydrogen-bond acceptors (Lipinski definition) is 2. The molecule has 0 aliphatic carbocycles. The molecule has 0 aliphatic rings. The van der Waals surface area contributed by atoms with Gasteiger partial charge in [0, 0.05) is 0 Å². The van der Waals surface area contributed by atoms with Gasteiger partial charge in [-0.3, -0.25) is 0 Å². The highest BCUT2D eigenvalue weighted by molar-refractivity contribution is 5.91. The number of hydrogen-bond donors (Lipinski definition) is 0. The molecule has 0 aromatic heterocycles. The minimum Gasteiger partial charge on any atom is -0.459 e. The molecule has 0 saturated heterocycles. The van der Waals surface area contributed by atoms with Gasteiger partial charge in [-0.2, -0.15) is 0 Å². The number of rotatable bonds is 4. The van der Waals surface area contributed by atoms with E-state index in [2.05, 4.69) is 13.8 Å². The first-order valence-corrected chi connectivity index (χ1v) is 5.87. The van der Waals surface area contributed by atoms with Crippen LogP contribution in [0, 0.1) is 18.7 Å². The van der Waals surface area contributed by atoms with Crippen LogP contribution in [-0.4, -0.2) is 12.1 Å². The summed E-state index contributed by atoms with van der Waals surface area (Å²) in [6, 6.07) is 4.08. The summed E-state index contributed by atoms with van der Waals surface area (Å²) in [4.78, 5) is 11.8. The second kappa shape index (κ2) is 5.80. The molecule has 0 radical (unpaired) electrons. The number of benzene rings is 1. The van der Waals surface area contributed by atoms with E-state index in [1.54, 1.807) is 6.92 Å². The Bertz CT molecular complexity index is 399. The molecule has 1 aromatic rings. The Morgan fingerprint density at radius 1 is 1.35 bits per heavy atom. The lowest BCUT2D eigenvalue weighted by atomic mass is 10.1. The zero-order chi connectivity index (χ0) is 13.0. The van der Waals surface area contributed by atoms with E-state index in [-0.39, 0.29) is 17.9 Å². The first kappa shape index (κ1) is 13.7. The highest BCUT2D eigenvalue weighted by Crippen LogP contribution is 2.14. The summed E-state index contributed by atoms with van der Waals surface area (Å²) in [6.07, 6.45) is 0.707. The summed E-state index contributed by atoms with van der Waals surface area (Å²) in [7, 11) is 0. The zero-order valence-electron chi connectivity index (χ0n) is 10.8. The molecule has 2 nitrogen and oxygen atoms in total. The molecule has 1 unspecified atom stereocenters. The SMILES string of the molecule is Cc1cc(F)ccc1C(=O)OC(C)CC(C)C. The summed E-state index contributed by atoms with van der Waals surface area (Å²) in [5, 5.41) is 0. The molecule has 94 valence electrons. The van der Waals surface area contributed by atoms with Crippen LogP contribution in [0.1, 0.15) is 43.1 Å². The Balaban J connectivity index is 2.70. The molecule has 0 bridgehead atoms. The van der Waals surface area contributed by atoms with E-state index in [9.17, 15) is 9.18 Å². The van der Waals surface area contributed by atoms with E-state index < -0.39 is 0 Å². The summed E-state index contributed by atoms with van der Waals surface area (Å²) < 4.78 is 18.2.